The molecule has 5 nitrogen and oxygen atoms in total. The molecular weight excluding hydrogens is 491 g/mol. The fraction of sp³-hybridized carbons (Fsp3) is 0. The summed E-state index contributed by atoms with van der Waals surface area (Å²) < 4.78 is 43.4. The second kappa shape index (κ2) is 5.89. The average Bonchev–Trinajstić information content (AvgIpc) is 0.650. The molecule has 0 fully saturated rings. The number of hydrogen-bond acceptors (Lipinski definition) is 5. The topological polar surface area (TPSA) is 85.3 Å². The average molecular weight is 491 g/mol. The first kappa shape index (κ1) is 22.5. The second-order valence-electron chi connectivity index (χ2n) is 0.745. The van der Waals surface area contributed by atoms with E-state index < -0.39 is 15.7 Å². The Bertz CT molecular complexity index is 287. The molecule has 0 atom stereocenters. The molecule has 0 unspecified atom stereocenters. The van der Waals surface area contributed by atoms with Crippen molar-refractivity contribution in [1.82, 2.24) is 0 Å². The Morgan fingerprint density at radius 1 is 0.778 bits per heavy atom. The van der Waals surface area contributed by atoms with E-state index in [-0.39, 0.29) is 76.8 Å². The second-order valence-corrected chi connectivity index (χ2v) is 6.10. The van der Waals surface area contributed by atoms with Gasteiger partial charge in [0.15, 0.2) is 0 Å². The van der Waals surface area contributed by atoms with Crippen molar-refractivity contribution in [1.29, 1.82) is 0 Å². The Morgan fingerprint density at radius 2 is 0.778 bits per heavy atom. The number of hydrogen-bond donors (Lipinski definition) is 0. The summed E-state index contributed by atoms with van der Waals surface area (Å²) in [4.78, 5) is 0. The standard InChI is InChI=1S/Nb.5O.Ta.Ti.Y. The van der Waals surface area contributed by atoms with Gasteiger partial charge in [-0.3, -0.25) is 0 Å². The van der Waals surface area contributed by atoms with Gasteiger partial charge in [-0.1, -0.05) is 0 Å². The van der Waals surface area contributed by atoms with Crippen LogP contribution in [0.5, 0.6) is 0 Å². The third-order valence-corrected chi connectivity index (χ3v) is 0. The Labute approximate surface area is 107 Å². The van der Waals surface area contributed by atoms with E-state index in [4.69, 9.17) is 16.3 Å². The maximum absolute atomic E-state index is 8.67. The van der Waals surface area contributed by atoms with Crippen LogP contribution in [0.3, 0.4) is 0 Å². The summed E-state index contributed by atoms with van der Waals surface area (Å²) in [6.45, 7) is 0. The zero-order chi connectivity index (χ0) is 5.45. The summed E-state index contributed by atoms with van der Waals surface area (Å²) in [7, 11) is 0. The molecule has 0 aromatic carbocycles. The predicted octanol–water partition coefficient (Wildman–Crippen LogP) is -0.604. The molecule has 0 heterocycles. The van der Waals surface area contributed by atoms with Crippen molar-refractivity contribution in [2.75, 3.05) is 0 Å². The van der Waals surface area contributed by atoms with Crippen molar-refractivity contribution < 1.29 is 109 Å². The molecule has 0 amide bonds. The van der Waals surface area contributed by atoms with Gasteiger partial charge in [0.25, 0.3) is 0 Å². The minimum Gasteiger partial charge on any atom is 0 e. The molecule has 2 radical (unpaired) electrons. The van der Waals surface area contributed by atoms with Crippen LogP contribution in [0.1, 0.15) is 0 Å². The van der Waals surface area contributed by atoms with E-state index in [1.165, 1.54) is 0 Å². The van der Waals surface area contributed by atoms with Gasteiger partial charge in [-0.15, -0.1) is 0 Å². The molecule has 9 heteroatoms. The molecule has 0 aromatic rings. The predicted molar refractivity (Wildman–Crippen MR) is 3.43 cm³/mol. The van der Waals surface area contributed by atoms with Gasteiger partial charge >= 0.3 is 31.9 Å². The van der Waals surface area contributed by atoms with E-state index in [0.29, 0.717) is 0 Å². The van der Waals surface area contributed by atoms with E-state index in [1.54, 1.807) is 0 Å². The van der Waals surface area contributed by atoms with Gasteiger partial charge in [0, 0.05) is 76.8 Å². The van der Waals surface area contributed by atoms with E-state index in [9.17, 15) is 0 Å². The van der Waals surface area contributed by atoms with Crippen molar-refractivity contribution in [3.05, 3.63) is 0 Å². The molecule has 0 bridgehead atoms. The van der Waals surface area contributed by atoms with Gasteiger partial charge in [-0.25, -0.2) is 0 Å². The third kappa shape index (κ3) is 134. The summed E-state index contributed by atoms with van der Waals surface area (Å²) in [5, 5.41) is 0. The zero-order valence-corrected chi connectivity index (χ0v) is 13.8. The first-order valence-corrected chi connectivity index (χ1v) is 7.47. The third-order valence-electron chi connectivity index (χ3n) is 0. The van der Waals surface area contributed by atoms with Crippen LogP contribution in [0.15, 0.2) is 0 Å². The summed E-state index contributed by atoms with van der Waals surface area (Å²) in [6, 6.07) is 0. The largest absolute Gasteiger partial charge is 0 e. The quantitative estimate of drug-likeness (QED) is 0.423. The van der Waals surface area contributed by atoms with Crippen LogP contribution in [-0.4, -0.2) is 0 Å². The van der Waals surface area contributed by atoms with Gasteiger partial charge in [0.1, 0.15) is 0 Å². The van der Waals surface area contributed by atoms with Crippen LogP contribution >= 0.6 is 0 Å². The summed E-state index contributed by atoms with van der Waals surface area (Å²) >= 11 is -8.05. The molecule has 0 aliphatic heterocycles. The molecule has 0 rings (SSSR count). The normalized spacial score (nSPS) is 6.67. The molecule has 0 saturated heterocycles. The minimum atomic E-state index is -8.05. The van der Waals surface area contributed by atoms with E-state index in [0.717, 1.165) is 0 Å². The fourth-order valence-electron chi connectivity index (χ4n) is 0. The zero-order valence-electron chi connectivity index (χ0n) is 4.01. The van der Waals surface area contributed by atoms with Crippen LogP contribution < -0.4 is 0 Å². The Kier molecular flexibility index (Phi) is 14.7. The first-order valence-electron chi connectivity index (χ1n) is 0.913. The molecule has 47 valence electrons. The monoisotopic (exact) mass is 491 g/mol. The minimum absolute atomic E-state index is 0. The molecule has 0 aromatic heterocycles. The molecule has 0 saturated carbocycles. The van der Waals surface area contributed by atoms with Crippen molar-refractivity contribution in [2.24, 2.45) is 0 Å². The van der Waals surface area contributed by atoms with Crippen LogP contribution in [0.25, 0.3) is 0 Å². The fourth-order valence-corrected chi connectivity index (χ4v) is 0. The summed E-state index contributed by atoms with van der Waals surface area (Å²) in [5.74, 6) is 0. The Hall–Kier alpha value is 2.30. The number of rotatable bonds is 0. The van der Waals surface area contributed by atoms with Crippen molar-refractivity contribution in [3.8, 4) is 0 Å². The molecule has 0 spiro atoms. The van der Waals surface area contributed by atoms with E-state index >= 15 is 0 Å². The summed E-state index contributed by atoms with van der Waals surface area (Å²) in [5.41, 5.74) is 0. The van der Waals surface area contributed by atoms with Crippen LogP contribution in [0.2, 0.25) is 0 Å². The van der Waals surface area contributed by atoms with Gasteiger partial charge < -0.3 is 0 Å². The first-order chi connectivity index (χ1) is 2.24. The van der Waals surface area contributed by atoms with E-state index in [2.05, 4.69) is 0 Å². The van der Waals surface area contributed by atoms with Crippen molar-refractivity contribution in [2.45, 2.75) is 0 Å². The Morgan fingerprint density at radius 3 is 0.778 bits per heavy atom. The Balaban J connectivity index is -0.0000000417. The smallest absolute Gasteiger partial charge is 0 e. The SMILES string of the molecule is [Nb].[O]=[Ta](=[O])(=[O])(=[O])=[O].[Ti].[Y]. The van der Waals surface area contributed by atoms with E-state index in [1.807, 2.05) is 0 Å². The molecule has 0 N–H and O–H groups in total. The molecule has 0 aliphatic carbocycles. The van der Waals surface area contributed by atoms with Gasteiger partial charge in [-0.2, -0.15) is 0 Å². The van der Waals surface area contributed by atoms with Crippen molar-refractivity contribution in [3.63, 3.8) is 0 Å². The van der Waals surface area contributed by atoms with Crippen LogP contribution in [0, 0.1) is 0 Å². The maximum Gasteiger partial charge on any atom is 0 e. The summed E-state index contributed by atoms with van der Waals surface area (Å²) in [6.07, 6.45) is 0. The van der Waals surface area contributed by atoms with Gasteiger partial charge in [-0.05, 0) is 0 Å². The van der Waals surface area contributed by atoms with Crippen LogP contribution in [-0.2, 0) is 109 Å². The van der Waals surface area contributed by atoms with Crippen LogP contribution in [0.4, 0.5) is 0 Å². The molecule has 0 aliphatic rings. The molecular formula is NbO5TaTiY. The molecule has 9 heavy (non-hydrogen) atoms. The van der Waals surface area contributed by atoms with Crippen molar-refractivity contribution >= 4 is 0 Å². The van der Waals surface area contributed by atoms with Gasteiger partial charge in [0.05, 0.1) is 0 Å². The maximum atomic E-state index is 8.67. The van der Waals surface area contributed by atoms with Gasteiger partial charge in [0.2, 0.25) is 0 Å².